The maximum absolute atomic E-state index is 14.5. The van der Waals surface area contributed by atoms with Crippen LogP contribution in [0.2, 0.25) is 0 Å². The zero-order valence-corrected chi connectivity index (χ0v) is 25.8. The molecule has 3 aliphatic carbocycles. The van der Waals surface area contributed by atoms with Gasteiger partial charge in [-0.1, -0.05) is 5.57 Å². The molecule has 45 heavy (non-hydrogen) atoms. The molecule has 0 N–H and O–H groups in total. The Kier molecular flexibility index (Phi) is 7.13. The van der Waals surface area contributed by atoms with Gasteiger partial charge in [0.05, 0.1) is 45.1 Å². The van der Waals surface area contributed by atoms with E-state index in [0.29, 0.717) is 48.5 Å². The first kappa shape index (κ1) is 30.0. The van der Waals surface area contributed by atoms with Crippen LogP contribution in [0.5, 0.6) is 0 Å². The van der Waals surface area contributed by atoms with Crippen LogP contribution in [0.4, 0.5) is 17.6 Å². The number of Topliss-reactive ketones (excluding diaryl/α,β-unsaturated/α-hetero) is 1. The van der Waals surface area contributed by atoms with E-state index in [4.69, 9.17) is 0 Å². The standard InChI is InChI=1S/C30H29F4N7O2S2/c1-39-36-16-26(38-39)45(2,43)40(17-18-3-4-18)23-8-5-20-11-24-19(14-37-41(24)22-9-6-21(31)7-10-22)12-29(20,13-23)27(42)28-35-15-25(44-28)30(32,33)34/h6-7,9-11,14-16,18,23H,2-5,8,12-13,17H2,1H3/t23-,29-,45?/m0/s1. The summed E-state index contributed by atoms with van der Waals surface area (Å²) in [6, 6.07) is 5.50. The van der Waals surface area contributed by atoms with Crippen LogP contribution < -0.4 is 0 Å². The Morgan fingerprint density at radius 1 is 1.16 bits per heavy atom. The molecule has 3 heterocycles. The van der Waals surface area contributed by atoms with Gasteiger partial charge in [-0.2, -0.15) is 28.2 Å². The Labute approximate surface area is 260 Å². The van der Waals surface area contributed by atoms with Crippen LogP contribution in [0.3, 0.4) is 0 Å². The molecule has 0 radical (unpaired) electrons. The van der Waals surface area contributed by atoms with Gasteiger partial charge in [0, 0.05) is 19.6 Å². The summed E-state index contributed by atoms with van der Waals surface area (Å²) in [5, 5.41) is 13.0. The molecule has 2 saturated carbocycles. The lowest BCUT2D eigenvalue weighted by atomic mass is 9.61. The van der Waals surface area contributed by atoms with E-state index in [0.717, 1.165) is 29.7 Å². The number of hydrogen-bond acceptors (Lipinski definition) is 7. The van der Waals surface area contributed by atoms with Crippen molar-refractivity contribution in [3.8, 4) is 5.69 Å². The number of aromatic nitrogens is 6. The number of alkyl halides is 3. The zero-order chi connectivity index (χ0) is 31.7. The number of carbonyl (C=O) groups excluding carboxylic acids is 1. The number of carbonyl (C=O) groups is 1. The molecule has 236 valence electrons. The molecule has 2 fully saturated rings. The first-order chi connectivity index (χ1) is 21.3. The van der Waals surface area contributed by atoms with Crippen LogP contribution in [0, 0.1) is 17.2 Å². The normalized spacial score (nSPS) is 22.9. The summed E-state index contributed by atoms with van der Waals surface area (Å²) < 4.78 is 72.3. The monoisotopic (exact) mass is 659 g/mol. The van der Waals surface area contributed by atoms with Gasteiger partial charge in [-0.15, -0.1) is 16.4 Å². The Morgan fingerprint density at radius 3 is 2.56 bits per heavy atom. The SMILES string of the molecule is C=S(=O)(c1cnn(C)n1)N(CC1CC1)[C@H]1CCC2=Cc3c(cnn3-c3ccc(F)cc3)C[C@]2(C(=O)c2ncc(C(F)(F)F)s2)C1. The molecular formula is C30H29F4N7O2S2. The molecule has 0 spiro atoms. The van der Waals surface area contributed by atoms with Crippen LogP contribution >= 0.6 is 11.3 Å². The van der Waals surface area contributed by atoms with E-state index in [-0.39, 0.29) is 34.7 Å². The zero-order valence-electron chi connectivity index (χ0n) is 24.2. The Hall–Kier alpha value is -3.69. The molecule has 3 aliphatic rings. The summed E-state index contributed by atoms with van der Waals surface area (Å²) in [4.78, 5) is 18.8. The molecule has 9 nitrogen and oxygen atoms in total. The van der Waals surface area contributed by atoms with Gasteiger partial charge in [-0.05, 0) is 86.2 Å². The summed E-state index contributed by atoms with van der Waals surface area (Å²) in [7, 11) is -1.47. The van der Waals surface area contributed by atoms with Crippen molar-refractivity contribution in [3.63, 3.8) is 0 Å². The lowest BCUT2D eigenvalue weighted by Gasteiger charge is -2.47. The van der Waals surface area contributed by atoms with E-state index < -0.39 is 32.0 Å². The molecule has 15 heteroatoms. The quantitative estimate of drug-likeness (QED) is 0.143. The van der Waals surface area contributed by atoms with E-state index >= 15 is 0 Å². The molecular weight excluding hydrogens is 631 g/mol. The van der Waals surface area contributed by atoms with Gasteiger partial charge in [0.25, 0.3) is 0 Å². The van der Waals surface area contributed by atoms with Gasteiger partial charge in [0.15, 0.2) is 10.0 Å². The average Bonchev–Trinajstić information content (AvgIpc) is 3.33. The number of fused-ring (bicyclic) bond motifs is 2. The first-order valence-corrected chi connectivity index (χ1v) is 17.0. The molecule has 3 aromatic heterocycles. The minimum atomic E-state index is -4.63. The third-order valence-electron chi connectivity index (χ3n) is 8.95. The third kappa shape index (κ3) is 5.33. The Balaban J connectivity index is 1.32. The van der Waals surface area contributed by atoms with Crippen LogP contribution in [0.1, 0.15) is 58.0 Å². The number of nitrogens with zero attached hydrogens (tertiary/aromatic N) is 7. The minimum Gasteiger partial charge on any atom is -0.290 e. The Bertz CT molecular complexity index is 1920. The molecule has 1 aromatic carbocycles. The summed E-state index contributed by atoms with van der Waals surface area (Å²) in [6.45, 7) is 0.496. The number of ketones is 1. The van der Waals surface area contributed by atoms with Crippen molar-refractivity contribution in [1.82, 2.24) is 34.1 Å². The van der Waals surface area contributed by atoms with Gasteiger partial charge >= 0.3 is 6.18 Å². The summed E-state index contributed by atoms with van der Waals surface area (Å²) in [5.41, 5.74) is 1.59. The lowest BCUT2D eigenvalue weighted by Crippen LogP contribution is -2.51. The number of rotatable bonds is 8. The fourth-order valence-corrected chi connectivity index (χ4v) is 9.12. The molecule has 1 unspecified atom stereocenters. The van der Waals surface area contributed by atoms with Crippen molar-refractivity contribution in [2.24, 2.45) is 18.4 Å². The first-order valence-electron chi connectivity index (χ1n) is 14.5. The highest BCUT2D eigenvalue weighted by molar-refractivity contribution is 7.98. The lowest BCUT2D eigenvalue weighted by molar-refractivity contribution is -0.134. The van der Waals surface area contributed by atoms with Crippen LogP contribution in [-0.4, -0.2) is 62.5 Å². The second-order valence-corrected chi connectivity index (χ2v) is 15.2. The predicted octanol–water partition coefficient (Wildman–Crippen LogP) is 5.38. The summed E-state index contributed by atoms with van der Waals surface area (Å²) in [5.74, 6) is 3.55. The maximum Gasteiger partial charge on any atom is 0.427 e. The predicted molar refractivity (Wildman–Crippen MR) is 161 cm³/mol. The smallest absolute Gasteiger partial charge is 0.290 e. The number of hydrogen-bond donors (Lipinski definition) is 0. The largest absolute Gasteiger partial charge is 0.427 e. The number of benzene rings is 1. The molecule has 3 atom stereocenters. The topological polar surface area (TPSA) is 98.8 Å². The van der Waals surface area contributed by atoms with Crippen molar-refractivity contribution in [1.29, 1.82) is 0 Å². The molecule has 0 aliphatic heterocycles. The van der Waals surface area contributed by atoms with Crippen molar-refractivity contribution in [2.75, 3.05) is 6.54 Å². The highest BCUT2D eigenvalue weighted by Crippen LogP contribution is 2.52. The number of thiazole rings is 1. The number of allylic oxidation sites excluding steroid dienone is 1. The van der Waals surface area contributed by atoms with E-state index in [1.54, 1.807) is 30.1 Å². The average molecular weight is 660 g/mol. The van der Waals surface area contributed by atoms with E-state index in [9.17, 15) is 26.6 Å². The van der Waals surface area contributed by atoms with Crippen LogP contribution in [0.25, 0.3) is 11.8 Å². The van der Waals surface area contributed by atoms with E-state index in [2.05, 4.69) is 26.2 Å². The number of halogens is 4. The second kappa shape index (κ2) is 10.7. The molecule has 0 bridgehead atoms. The molecule has 4 aromatic rings. The minimum absolute atomic E-state index is 0.173. The van der Waals surface area contributed by atoms with Crippen molar-refractivity contribution >= 4 is 38.8 Å². The highest BCUT2D eigenvalue weighted by atomic mass is 32.2. The van der Waals surface area contributed by atoms with Crippen LogP contribution in [0.15, 0.2) is 53.5 Å². The van der Waals surface area contributed by atoms with Gasteiger partial charge in [0.2, 0.25) is 5.78 Å². The van der Waals surface area contributed by atoms with Gasteiger partial charge in [-0.25, -0.2) is 22.6 Å². The third-order valence-corrected chi connectivity index (χ3v) is 12.0. The van der Waals surface area contributed by atoms with E-state index in [1.807, 2.05) is 10.4 Å². The van der Waals surface area contributed by atoms with Crippen molar-refractivity contribution < 1.29 is 26.6 Å². The molecule has 7 rings (SSSR count). The number of aryl methyl sites for hydroxylation is 1. The van der Waals surface area contributed by atoms with Crippen molar-refractivity contribution in [2.45, 2.75) is 55.8 Å². The molecule has 0 saturated heterocycles. The summed E-state index contributed by atoms with van der Waals surface area (Å²) in [6.07, 6.45) is 4.37. The maximum atomic E-state index is 14.5. The molecule has 0 amide bonds. The van der Waals surface area contributed by atoms with Gasteiger partial charge < -0.3 is 0 Å². The fourth-order valence-electron chi connectivity index (χ4n) is 6.49. The fraction of sp³-hybridized carbons (Fsp3) is 0.400. The Morgan fingerprint density at radius 2 is 1.91 bits per heavy atom. The second-order valence-electron chi connectivity index (χ2n) is 12.0. The van der Waals surface area contributed by atoms with Gasteiger partial charge in [0.1, 0.15) is 10.7 Å². The van der Waals surface area contributed by atoms with E-state index in [1.165, 1.54) is 23.1 Å². The highest BCUT2D eigenvalue weighted by Gasteiger charge is 2.52. The van der Waals surface area contributed by atoms with Crippen LogP contribution in [-0.2, 0) is 29.4 Å². The van der Waals surface area contributed by atoms with Crippen molar-refractivity contribution in [3.05, 3.63) is 75.4 Å². The summed E-state index contributed by atoms with van der Waals surface area (Å²) >= 11 is 0.340. The van der Waals surface area contributed by atoms with Gasteiger partial charge in [-0.3, -0.25) is 4.79 Å².